The Bertz CT molecular complexity index is 1800. The molecule has 1 aliphatic carbocycles. The minimum absolute atomic E-state index is 0.109. The zero-order valence-electron chi connectivity index (χ0n) is 31.3. The van der Waals surface area contributed by atoms with Gasteiger partial charge in [0.25, 0.3) is 0 Å². The molecule has 1 saturated carbocycles. The number of fused-ring (bicyclic) bond motifs is 1. The predicted molar refractivity (Wildman–Crippen MR) is 196 cm³/mol. The zero-order valence-corrected chi connectivity index (χ0v) is 32.1. The monoisotopic (exact) mass is 769 g/mol. The number of benzene rings is 1. The first-order valence-electron chi connectivity index (χ1n) is 18.3. The number of nitrogens with zero attached hydrogens (tertiary/aromatic N) is 4. The highest BCUT2D eigenvalue weighted by Crippen LogP contribution is 2.54. The first-order valence-corrected chi connectivity index (χ1v) is 19.9. The highest BCUT2D eigenvalue weighted by atomic mass is 31.2. The average molecular weight is 770 g/mol. The molecule has 0 spiro atoms. The fourth-order valence-electron chi connectivity index (χ4n) is 6.32. The van der Waals surface area contributed by atoms with E-state index in [0.29, 0.717) is 5.52 Å². The average Bonchev–Trinajstić information content (AvgIpc) is 3.69. The summed E-state index contributed by atoms with van der Waals surface area (Å²) in [5, 5.41) is 18.0. The molecule has 1 saturated heterocycles. The Kier molecular flexibility index (Phi) is 13.5. The summed E-state index contributed by atoms with van der Waals surface area (Å²) in [6, 6.07) is 12.5. The summed E-state index contributed by atoms with van der Waals surface area (Å²) in [6.45, 7) is 7.43. The number of rotatable bonds is 14. The number of carbonyl (C=O) groups is 3. The van der Waals surface area contributed by atoms with Crippen LogP contribution in [0.25, 0.3) is 5.52 Å². The van der Waals surface area contributed by atoms with Crippen molar-refractivity contribution in [2.24, 2.45) is 11.8 Å². The lowest BCUT2D eigenvalue weighted by Crippen LogP contribution is -2.47. The van der Waals surface area contributed by atoms with E-state index in [0.717, 1.165) is 44.9 Å². The van der Waals surface area contributed by atoms with Crippen LogP contribution >= 0.6 is 8.09 Å². The van der Waals surface area contributed by atoms with Crippen LogP contribution in [-0.4, -0.2) is 74.5 Å². The first kappa shape index (κ1) is 40.8. The first-order chi connectivity index (χ1) is 25.8. The van der Waals surface area contributed by atoms with Crippen LogP contribution in [-0.2, 0) is 43.5 Å². The highest BCUT2D eigenvalue weighted by Gasteiger charge is 2.64. The number of esters is 3. The van der Waals surface area contributed by atoms with Crippen molar-refractivity contribution in [2.75, 3.05) is 12.3 Å². The number of hydrogen-bond donors (Lipinski definition) is 3. The molecule has 1 unspecified atom stereocenters. The van der Waals surface area contributed by atoms with E-state index in [1.807, 2.05) is 0 Å². The lowest BCUT2D eigenvalue weighted by Gasteiger charge is -2.29. The number of nitriles is 1. The third kappa shape index (κ3) is 9.45. The van der Waals surface area contributed by atoms with E-state index in [2.05, 4.69) is 21.2 Å². The molecular weight excluding hydrogens is 719 g/mol. The Morgan fingerprint density at radius 2 is 1.63 bits per heavy atom. The van der Waals surface area contributed by atoms with Gasteiger partial charge in [-0.25, -0.2) is 9.50 Å². The molecule has 1 aliphatic heterocycles. The Morgan fingerprint density at radius 3 is 2.28 bits per heavy atom. The van der Waals surface area contributed by atoms with Crippen LogP contribution in [0.3, 0.4) is 0 Å². The minimum Gasteiger partial charge on any atom is -0.461 e. The Morgan fingerprint density at radius 1 is 0.981 bits per heavy atom. The van der Waals surface area contributed by atoms with Crippen LogP contribution in [0.1, 0.15) is 85.3 Å². The van der Waals surface area contributed by atoms with E-state index < -0.39 is 74.4 Å². The predicted octanol–water partition coefficient (Wildman–Crippen LogP) is 4.96. The van der Waals surface area contributed by atoms with Crippen LogP contribution in [0.15, 0.2) is 48.8 Å². The largest absolute Gasteiger partial charge is 0.544 e. The Hall–Kier alpha value is -4.39. The summed E-state index contributed by atoms with van der Waals surface area (Å²) in [6.07, 6.45) is 3.36. The number of nitrogen functional groups attached to an aromatic ring is 1. The second kappa shape index (κ2) is 17.8. The van der Waals surface area contributed by atoms with Crippen molar-refractivity contribution in [3.05, 3.63) is 54.5 Å². The normalized spacial score (nSPS) is 23.9. The summed E-state index contributed by atoms with van der Waals surface area (Å²) in [5.74, 6) is -2.88. The lowest BCUT2D eigenvalue weighted by molar-refractivity contribution is -0.173. The number of aromatic nitrogens is 3. The number of nitrogens with two attached hydrogens (primary N) is 1. The van der Waals surface area contributed by atoms with Gasteiger partial charge in [-0.1, -0.05) is 70.2 Å². The number of para-hydroxylation sites is 1. The second-order valence-electron chi connectivity index (χ2n) is 14.2. The maximum atomic E-state index is 13.3. The minimum atomic E-state index is -4.23. The molecule has 292 valence electrons. The third-order valence-corrected chi connectivity index (χ3v) is 11.0. The van der Waals surface area contributed by atoms with Crippen molar-refractivity contribution in [1.29, 1.82) is 5.26 Å². The van der Waals surface area contributed by atoms with Gasteiger partial charge in [-0.3, -0.25) is 18.9 Å². The Balaban J connectivity index is 1.49. The van der Waals surface area contributed by atoms with E-state index >= 15 is 0 Å². The summed E-state index contributed by atoms with van der Waals surface area (Å²) >= 11 is 0. The molecule has 0 amide bonds. The van der Waals surface area contributed by atoms with Gasteiger partial charge in [0, 0.05) is 0 Å². The second-order valence-corrected chi connectivity index (χ2v) is 15.9. The molecule has 6 atom stereocenters. The van der Waals surface area contributed by atoms with Gasteiger partial charge in [0.15, 0.2) is 23.8 Å². The molecular formula is C37H50N6O10P+. The Labute approximate surface area is 315 Å². The molecule has 16 nitrogen and oxygen atoms in total. The van der Waals surface area contributed by atoms with Crippen LogP contribution in [0.2, 0.25) is 0 Å². The van der Waals surface area contributed by atoms with Gasteiger partial charge in [0.1, 0.15) is 42.8 Å². The number of anilines is 1. The molecule has 0 radical (unpaired) electrons. The van der Waals surface area contributed by atoms with E-state index in [9.17, 15) is 24.5 Å². The van der Waals surface area contributed by atoms with Crippen molar-refractivity contribution in [3.63, 3.8) is 0 Å². The van der Waals surface area contributed by atoms with Crippen molar-refractivity contribution >= 4 is 37.3 Å². The maximum Gasteiger partial charge on any atom is 0.544 e. The van der Waals surface area contributed by atoms with Gasteiger partial charge in [0.05, 0.1) is 17.5 Å². The lowest BCUT2D eigenvalue weighted by atomic mass is 9.92. The molecule has 1 aromatic carbocycles. The highest BCUT2D eigenvalue weighted by molar-refractivity contribution is 7.59. The van der Waals surface area contributed by atoms with Gasteiger partial charge in [-0.05, 0) is 56.9 Å². The van der Waals surface area contributed by atoms with Gasteiger partial charge in [0.2, 0.25) is 5.60 Å². The number of nitrogens with one attached hydrogen (secondary N) is 1. The fraction of sp³-hybridized carbons (Fsp3) is 0.568. The zero-order chi connectivity index (χ0) is 39.0. The van der Waals surface area contributed by atoms with E-state index in [4.69, 9.17) is 33.7 Å². The number of carbonyl (C=O) groups excluding carboxylic acids is 3. The van der Waals surface area contributed by atoms with E-state index in [1.165, 1.54) is 23.8 Å². The fourth-order valence-corrected chi connectivity index (χ4v) is 7.85. The molecule has 4 N–H and O–H groups in total. The van der Waals surface area contributed by atoms with Gasteiger partial charge < -0.3 is 24.7 Å². The molecule has 17 heteroatoms. The van der Waals surface area contributed by atoms with Crippen molar-refractivity contribution in [2.45, 2.75) is 116 Å². The molecule has 0 bridgehead atoms. The quantitative estimate of drug-likeness (QED) is 0.112. The van der Waals surface area contributed by atoms with Crippen LogP contribution < -0.4 is 15.3 Å². The van der Waals surface area contributed by atoms with E-state index in [-0.39, 0.29) is 23.4 Å². The van der Waals surface area contributed by atoms with Crippen molar-refractivity contribution in [1.82, 2.24) is 19.7 Å². The van der Waals surface area contributed by atoms with Gasteiger partial charge in [-0.15, -0.1) is 0 Å². The standard InChI is InChI=1S/C37H50N6O10P/c1-23(2)34(44)50-31-29(52-37(21-38,32(31)51-35(45)24(3)4)30-19-18-28-33(39)40-22-41-43(28)30)20-48-54(47,53-27-16-12-9-13-17-27)42-25(5)36(46)49-26-14-10-7-6-8-11-15-26/h9,12-13,16-19,22-26,29,31-32,42,47H,6-8,10-11,14-15,20H2,1-5H3,(H2,39,40,41)/q+1/t25-,29+,31+,32+,37-,54?/m0/s1. The molecule has 3 aromatic rings. The SMILES string of the molecule is CC(C)C(=O)O[C@H]1[C@@H](OC(=O)C(C)C)[C@](C#N)(c2ccc3c(N)ncnn23)O[C@@H]1CO[P+](O)(N[C@@H](C)C(=O)OC1CCCCCCC1)Oc1ccccc1. The third-order valence-electron chi connectivity index (χ3n) is 9.30. The maximum absolute atomic E-state index is 13.3. The smallest absolute Gasteiger partial charge is 0.461 e. The summed E-state index contributed by atoms with van der Waals surface area (Å²) < 4.78 is 37.6. The topological polar surface area (TPSA) is 219 Å². The van der Waals surface area contributed by atoms with E-state index in [1.54, 1.807) is 64.1 Å². The summed E-state index contributed by atoms with van der Waals surface area (Å²) in [4.78, 5) is 55.8. The van der Waals surface area contributed by atoms with Crippen LogP contribution in [0.5, 0.6) is 5.75 Å². The number of ether oxygens (including phenoxy) is 4. The van der Waals surface area contributed by atoms with Gasteiger partial charge >= 0.3 is 26.0 Å². The number of hydrogen-bond acceptors (Lipinski definition) is 15. The van der Waals surface area contributed by atoms with Crippen molar-refractivity contribution < 1.29 is 47.3 Å². The molecule has 3 heterocycles. The van der Waals surface area contributed by atoms with Gasteiger partial charge in [-0.2, -0.15) is 19.8 Å². The molecule has 54 heavy (non-hydrogen) atoms. The summed E-state index contributed by atoms with van der Waals surface area (Å²) in [7, 11) is -4.23. The molecule has 2 aliphatic rings. The molecule has 2 aromatic heterocycles. The van der Waals surface area contributed by atoms with Crippen molar-refractivity contribution in [3.8, 4) is 11.8 Å². The van der Waals surface area contributed by atoms with Crippen LogP contribution in [0, 0.1) is 23.2 Å². The van der Waals surface area contributed by atoms with Crippen LogP contribution in [0.4, 0.5) is 5.82 Å². The molecule has 2 fully saturated rings. The molecule has 5 rings (SSSR count). The summed E-state index contributed by atoms with van der Waals surface area (Å²) in [5.41, 5.74) is 4.42.